The van der Waals surface area contributed by atoms with Crippen LogP contribution in [0.15, 0.2) is 194 Å². The van der Waals surface area contributed by atoms with Crippen LogP contribution in [-0.2, 0) is 16.2 Å². The van der Waals surface area contributed by atoms with Crippen LogP contribution in [0.3, 0.4) is 0 Å². The Labute approximate surface area is 422 Å². The van der Waals surface area contributed by atoms with Crippen molar-refractivity contribution >= 4 is 50.6 Å². The topological polar surface area (TPSA) is 33.1 Å². The van der Waals surface area contributed by atoms with E-state index < -0.39 is 0 Å². The summed E-state index contributed by atoms with van der Waals surface area (Å²) in [5.41, 5.74) is 15.9. The molecule has 0 fully saturated rings. The summed E-state index contributed by atoms with van der Waals surface area (Å²) in [6.07, 6.45) is 1.85. The fourth-order valence-corrected chi connectivity index (χ4v) is 10.0. The molecule has 354 valence electrons. The van der Waals surface area contributed by atoms with Gasteiger partial charge in [0.2, 0.25) is 11.4 Å². The fraction of sp³-hybridized carbons (Fsp3) is 0.182. The summed E-state index contributed by atoms with van der Waals surface area (Å²) < 4.78 is 28.3. The van der Waals surface area contributed by atoms with Gasteiger partial charge in [0.1, 0.15) is 23.1 Å². The van der Waals surface area contributed by atoms with Gasteiger partial charge in [-0.3, -0.25) is 4.57 Å². The lowest BCUT2D eigenvalue weighted by molar-refractivity contribution is 0.483. The van der Waals surface area contributed by atoms with Crippen molar-refractivity contribution in [3.63, 3.8) is 0 Å². The maximum Gasteiger partial charge on any atom is 0.503 e. The Morgan fingerprint density at radius 1 is 0.472 bits per heavy atom. The van der Waals surface area contributed by atoms with E-state index in [0.717, 1.165) is 89.3 Å². The number of hydrogen-bond donors (Lipinski definition) is 0. The number of halogens is 1. The van der Waals surface area contributed by atoms with Gasteiger partial charge < -0.3 is 4.74 Å². The molecule has 8 aromatic carbocycles. The van der Waals surface area contributed by atoms with Gasteiger partial charge in [0.25, 0.3) is 5.69 Å². The number of fused-ring (bicyclic) bond motifs is 4. The van der Waals surface area contributed by atoms with Gasteiger partial charge in [0.05, 0.1) is 22.7 Å². The van der Waals surface area contributed by atoms with Crippen LogP contribution in [-0.4, -0.2) is 15.6 Å². The Hall–Kier alpha value is -8.18. The normalized spacial score (nSPS) is 12.8. The molecule has 1 aliphatic rings. The molecule has 0 bridgehead atoms. The van der Waals surface area contributed by atoms with Crippen LogP contribution in [0.4, 0.5) is 27.1 Å². The fourth-order valence-electron chi connectivity index (χ4n) is 10.0. The molecule has 3 heterocycles. The van der Waals surface area contributed by atoms with Crippen LogP contribution in [0.2, 0.25) is 0 Å². The second kappa shape index (κ2) is 17.6. The highest BCUT2D eigenvalue weighted by molar-refractivity contribution is 6.09. The third-order valence-electron chi connectivity index (χ3n) is 13.9. The van der Waals surface area contributed by atoms with E-state index in [1.807, 2.05) is 42.6 Å². The molecule has 0 N–H and O–H groups in total. The van der Waals surface area contributed by atoms with Crippen molar-refractivity contribution in [2.24, 2.45) is 0 Å². The van der Waals surface area contributed by atoms with E-state index in [0.29, 0.717) is 11.5 Å². The highest BCUT2D eigenvalue weighted by Crippen LogP contribution is 2.50. The largest absolute Gasteiger partial charge is 0.503 e. The van der Waals surface area contributed by atoms with Crippen LogP contribution in [0.5, 0.6) is 11.5 Å². The summed E-state index contributed by atoms with van der Waals surface area (Å²) in [5, 5.41) is 1.73. The van der Waals surface area contributed by atoms with Gasteiger partial charge in [-0.15, -0.1) is 0 Å². The minimum atomic E-state index is -0.286. The van der Waals surface area contributed by atoms with Crippen molar-refractivity contribution < 1.29 is 9.13 Å². The van der Waals surface area contributed by atoms with E-state index >= 15 is 0 Å². The maximum atomic E-state index is 14.9. The molecular weight excluding hydrogens is 884 g/mol. The molecule has 1 aliphatic heterocycles. The third-order valence-corrected chi connectivity index (χ3v) is 13.9. The van der Waals surface area contributed by atoms with Crippen molar-refractivity contribution in [1.29, 1.82) is 0 Å². The van der Waals surface area contributed by atoms with Crippen LogP contribution in [0.1, 0.15) is 79.0 Å². The molecule has 0 saturated heterocycles. The summed E-state index contributed by atoms with van der Waals surface area (Å²) >= 11 is 0. The number of rotatable bonds is 8. The summed E-state index contributed by atoms with van der Waals surface area (Å²) in [5.74, 6) is 1.79. The summed E-state index contributed by atoms with van der Waals surface area (Å²) in [7, 11) is 0. The monoisotopic (exact) mass is 942 g/mol. The lowest BCUT2D eigenvalue weighted by Gasteiger charge is -2.24. The van der Waals surface area contributed by atoms with Crippen molar-refractivity contribution in [2.75, 3.05) is 0 Å². The van der Waals surface area contributed by atoms with Crippen molar-refractivity contribution in [2.45, 2.75) is 78.6 Å². The van der Waals surface area contributed by atoms with Crippen LogP contribution >= 0.6 is 0 Å². The van der Waals surface area contributed by atoms with Crippen LogP contribution in [0, 0.1) is 5.82 Å². The molecule has 5 nitrogen and oxygen atoms in total. The minimum Gasteiger partial charge on any atom is -0.457 e. The highest BCUT2D eigenvalue weighted by Gasteiger charge is 2.41. The second-order valence-corrected chi connectivity index (χ2v) is 22.1. The molecule has 0 atom stereocenters. The second-order valence-electron chi connectivity index (χ2n) is 22.1. The Kier molecular flexibility index (Phi) is 11.3. The van der Waals surface area contributed by atoms with E-state index in [9.17, 15) is 4.39 Å². The SMILES string of the molecule is CC(C)(C)c1cc([N+]2=C=[N+](c3cccc(Oc4ccc5c6cc(F)ccc6n(-c6cc(C(C)(C)C)ccn6)c5c4)c3)c3cccc(-c4c(-c5ccccc5)cccc4-c4ccccc4)c32)cc(C(C)(C)C)c1. The van der Waals surface area contributed by atoms with Gasteiger partial charge in [-0.1, -0.05) is 159 Å². The first kappa shape index (κ1) is 46.2. The number of nitrogens with zero attached hydrogens (tertiary/aromatic N) is 4. The summed E-state index contributed by atoms with van der Waals surface area (Å²) in [4.78, 5) is 4.84. The Bertz CT molecular complexity index is 3730. The lowest BCUT2D eigenvalue weighted by atomic mass is 9.80. The van der Waals surface area contributed by atoms with Gasteiger partial charge in [-0.05, 0) is 119 Å². The minimum absolute atomic E-state index is 0.0886. The first-order chi connectivity index (χ1) is 34.5. The molecule has 2 aromatic heterocycles. The molecule has 0 saturated carbocycles. The zero-order valence-electron chi connectivity index (χ0n) is 42.6. The summed E-state index contributed by atoms with van der Waals surface area (Å²) in [6.45, 7) is 20.3. The van der Waals surface area contributed by atoms with Crippen molar-refractivity contribution in [1.82, 2.24) is 18.7 Å². The number of para-hydroxylation sites is 1. The molecule has 0 unspecified atom stereocenters. The Morgan fingerprint density at radius 3 is 1.74 bits per heavy atom. The van der Waals surface area contributed by atoms with Gasteiger partial charge in [0, 0.05) is 52.9 Å². The predicted octanol–water partition coefficient (Wildman–Crippen LogP) is 17.9. The lowest BCUT2D eigenvalue weighted by Crippen LogP contribution is -2.17. The number of hydrogen-bond acceptors (Lipinski definition) is 2. The van der Waals surface area contributed by atoms with E-state index in [1.54, 1.807) is 6.07 Å². The molecule has 0 amide bonds. The first-order valence-electron chi connectivity index (χ1n) is 24.9. The van der Waals surface area contributed by atoms with Gasteiger partial charge in [0.15, 0.2) is 0 Å². The summed E-state index contributed by atoms with van der Waals surface area (Å²) in [6, 6.07) is 69.0. The molecule has 6 heteroatoms. The van der Waals surface area contributed by atoms with E-state index in [-0.39, 0.29) is 22.1 Å². The maximum absolute atomic E-state index is 14.9. The predicted molar refractivity (Wildman–Crippen MR) is 298 cm³/mol. The number of ether oxygens (including phenoxy) is 1. The highest BCUT2D eigenvalue weighted by atomic mass is 19.1. The molecule has 0 spiro atoms. The molecular formula is C66H59FN4O+2. The van der Waals surface area contributed by atoms with E-state index in [4.69, 9.17) is 9.72 Å². The van der Waals surface area contributed by atoms with Gasteiger partial charge >= 0.3 is 11.7 Å². The number of pyridine rings is 1. The van der Waals surface area contributed by atoms with Crippen LogP contribution in [0.25, 0.3) is 61.0 Å². The molecule has 72 heavy (non-hydrogen) atoms. The van der Waals surface area contributed by atoms with E-state index in [2.05, 4.69) is 222 Å². The van der Waals surface area contributed by atoms with Crippen molar-refractivity contribution in [3.8, 4) is 50.7 Å². The average Bonchev–Trinajstić information content (AvgIpc) is 3.92. The quantitative estimate of drug-likeness (QED) is 0.142. The smallest absolute Gasteiger partial charge is 0.457 e. The number of aromatic nitrogens is 2. The molecule has 11 rings (SSSR count). The standard InChI is InChI=1S/C66H59FN4O/c1-64(2,3)45-33-34-68-61(38-45)71-58-32-29-48(67)39-57(58)55-31-30-52(41-60(55)71)72-51-24-16-23-49(40-51)69-42-70(50-36-46(65(4,5)6)35-47(37-50)66(7,8)9)63-56(27-18-28-59(63)69)62-53(43-19-12-10-13-20-43)25-17-26-54(62)44-21-14-11-15-22-44/h10-41H,1-9H3/q+2. The van der Waals surface area contributed by atoms with Gasteiger partial charge in [-0.25, -0.2) is 9.37 Å². The zero-order valence-corrected chi connectivity index (χ0v) is 42.6. The van der Waals surface area contributed by atoms with Gasteiger partial charge in [-0.2, -0.15) is 0 Å². The van der Waals surface area contributed by atoms with Crippen LogP contribution < -0.4 is 13.9 Å². The van der Waals surface area contributed by atoms with E-state index in [1.165, 1.54) is 17.2 Å². The molecule has 0 aliphatic carbocycles. The number of benzene rings is 8. The molecule has 10 aromatic rings. The molecule has 0 radical (unpaired) electrons. The zero-order chi connectivity index (χ0) is 50.1. The Morgan fingerprint density at radius 2 is 1.08 bits per heavy atom. The van der Waals surface area contributed by atoms with Crippen molar-refractivity contribution in [3.05, 3.63) is 217 Å². The average molecular weight is 943 g/mol. The Balaban J connectivity index is 1.10. The first-order valence-corrected chi connectivity index (χ1v) is 24.9. The third kappa shape index (κ3) is 8.52.